The Balaban J connectivity index is 1.57. The van der Waals surface area contributed by atoms with E-state index < -0.39 is 0 Å². The number of hydrogen-bond acceptors (Lipinski definition) is 4. The Morgan fingerprint density at radius 3 is 2.75 bits per heavy atom. The number of hydrogen-bond donors (Lipinski definition) is 1. The van der Waals surface area contributed by atoms with Gasteiger partial charge in [-0.15, -0.1) is 10.2 Å². The average Bonchev–Trinajstić information content (AvgIpc) is 3.04. The molecular weight excluding hydrogens is 304 g/mol. The van der Waals surface area contributed by atoms with E-state index >= 15 is 0 Å². The summed E-state index contributed by atoms with van der Waals surface area (Å²) in [5, 5.41) is 11.3. The minimum Gasteiger partial charge on any atom is -0.497 e. The van der Waals surface area contributed by atoms with Crippen LogP contribution in [0.25, 0.3) is 5.65 Å². The van der Waals surface area contributed by atoms with Crippen LogP contribution in [0.5, 0.6) is 5.75 Å². The van der Waals surface area contributed by atoms with Crippen LogP contribution in [0.4, 0.5) is 0 Å². The lowest BCUT2D eigenvalue weighted by molar-refractivity contribution is -0.121. The van der Waals surface area contributed by atoms with Crippen molar-refractivity contribution in [1.29, 1.82) is 0 Å². The molecule has 2 aromatic heterocycles. The van der Waals surface area contributed by atoms with E-state index in [0.29, 0.717) is 12.8 Å². The largest absolute Gasteiger partial charge is 0.497 e. The molecule has 3 rings (SSSR count). The second kappa shape index (κ2) is 7.12. The Labute approximate surface area is 140 Å². The topological polar surface area (TPSA) is 68.5 Å². The molecule has 1 amide bonds. The Bertz CT molecular complexity index is 826. The summed E-state index contributed by atoms with van der Waals surface area (Å²) in [6.07, 6.45) is 3.00. The minimum atomic E-state index is -0.203. The van der Waals surface area contributed by atoms with Gasteiger partial charge in [0.1, 0.15) is 5.75 Å². The first-order valence-electron chi connectivity index (χ1n) is 7.89. The number of ether oxygens (including phenoxy) is 1. The van der Waals surface area contributed by atoms with Crippen molar-refractivity contribution in [3.05, 3.63) is 60.0 Å². The van der Waals surface area contributed by atoms with E-state index in [-0.39, 0.29) is 11.9 Å². The van der Waals surface area contributed by atoms with Gasteiger partial charge >= 0.3 is 0 Å². The number of aryl methyl sites for hydroxylation is 1. The van der Waals surface area contributed by atoms with Crippen LogP contribution in [0.3, 0.4) is 0 Å². The third-order valence-corrected chi connectivity index (χ3v) is 3.90. The summed E-state index contributed by atoms with van der Waals surface area (Å²) < 4.78 is 7.01. The number of amides is 1. The molecule has 0 saturated carbocycles. The van der Waals surface area contributed by atoms with Crippen molar-refractivity contribution < 1.29 is 9.53 Å². The first-order chi connectivity index (χ1) is 11.7. The lowest BCUT2D eigenvalue weighted by atomic mass is 10.1. The van der Waals surface area contributed by atoms with E-state index in [1.165, 1.54) is 0 Å². The number of methoxy groups -OCH3 is 1. The van der Waals surface area contributed by atoms with Crippen LogP contribution in [-0.2, 0) is 11.2 Å². The summed E-state index contributed by atoms with van der Waals surface area (Å²) in [5.74, 6) is 1.53. The van der Waals surface area contributed by atoms with Gasteiger partial charge in [-0.25, -0.2) is 0 Å². The van der Waals surface area contributed by atoms with Gasteiger partial charge in [0.25, 0.3) is 0 Å². The van der Waals surface area contributed by atoms with E-state index in [2.05, 4.69) is 15.5 Å². The van der Waals surface area contributed by atoms with Crippen molar-refractivity contribution in [2.75, 3.05) is 7.11 Å². The average molecular weight is 324 g/mol. The molecule has 0 bridgehead atoms. The van der Waals surface area contributed by atoms with Gasteiger partial charge in [-0.05, 0) is 43.2 Å². The van der Waals surface area contributed by atoms with Crippen LogP contribution >= 0.6 is 0 Å². The fourth-order valence-electron chi connectivity index (χ4n) is 2.58. The monoisotopic (exact) mass is 324 g/mol. The molecule has 3 aromatic rings. The first kappa shape index (κ1) is 16.0. The van der Waals surface area contributed by atoms with E-state index in [4.69, 9.17) is 4.74 Å². The summed E-state index contributed by atoms with van der Waals surface area (Å²) in [5.41, 5.74) is 1.87. The van der Waals surface area contributed by atoms with E-state index in [9.17, 15) is 4.79 Å². The zero-order valence-electron chi connectivity index (χ0n) is 13.8. The molecule has 24 heavy (non-hydrogen) atoms. The number of aromatic nitrogens is 3. The zero-order chi connectivity index (χ0) is 16.9. The van der Waals surface area contributed by atoms with Crippen molar-refractivity contribution in [3.63, 3.8) is 0 Å². The van der Waals surface area contributed by atoms with Crippen LogP contribution in [-0.4, -0.2) is 27.6 Å². The van der Waals surface area contributed by atoms with Gasteiger partial charge in [0, 0.05) is 12.6 Å². The molecule has 0 saturated heterocycles. The maximum atomic E-state index is 12.2. The number of nitrogens with zero attached hydrogens (tertiary/aromatic N) is 3. The molecule has 1 N–H and O–H groups in total. The molecule has 6 nitrogen and oxygen atoms in total. The Kier molecular flexibility index (Phi) is 4.74. The zero-order valence-corrected chi connectivity index (χ0v) is 13.8. The molecule has 0 aliphatic rings. The maximum absolute atomic E-state index is 12.2. The fourth-order valence-corrected chi connectivity index (χ4v) is 2.58. The first-order valence-corrected chi connectivity index (χ1v) is 7.89. The predicted octanol–water partition coefficient (Wildman–Crippen LogP) is 2.55. The van der Waals surface area contributed by atoms with Crippen LogP contribution in [0.1, 0.15) is 30.8 Å². The summed E-state index contributed by atoms with van der Waals surface area (Å²) in [6.45, 7) is 1.91. The molecule has 0 aliphatic heterocycles. The van der Waals surface area contributed by atoms with Crippen molar-refractivity contribution in [1.82, 2.24) is 19.9 Å². The second-order valence-electron chi connectivity index (χ2n) is 5.62. The quantitative estimate of drug-likeness (QED) is 0.756. The summed E-state index contributed by atoms with van der Waals surface area (Å²) in [4.78, 5) is 12.2. The Hall–Kier alpha value is -2.89. The van der Waals surface area contributed by atoms with Gasteiger partial charge < -0.3 is 10.1 Å². The van der Waals surface area contributed by atoms with Crippen LogP contribution in [0, 0.1) is 0 Å². The third kappa shape index (κ3) is 3.53. The summed E-state index contributed by atoms with van der Waals surface area (Å²) in [6, 6.07) is 13.3. The second-order valence-corrected chi connectivity index (χ2v) is 5.62. The van der Waals surface area contributed by atoms with Crippen molar-refractivity contribution in [2.24, 2.45) is 0 Å². The molecule has 6 heteroatoms. The number of nitrogens with one attached hydrogen (secondary N) is 1. The number of rotatable bonds is 6. The van der Waals surface area contributed by atoms with Gasteiger partial charge in [-0.2, -0.15) is 0 Å². The standard InChI is InChI=1S/C18H20N4O2/c1-13(18-21-20-16-5-3-4-12-22(16)18)19-17(23)11-8-14-6-9-15(24-2)10-7-14/h3-7,9-10,12-13H,8,11H2,1-2H3,(H,19,23)/t13-/m0/s1. The molecule has 0 aliphatic carbocycles. The Morgan fingerprint density at radius 2 is 2.00 bits per heavy atom. The number of benzene rings is 1. The van der Waals surface area contributed by atoms with Crippen molar-refractivity contribution >= 4 is 11.6 Å². The number of pyridine rings is 1. The molecule has 0 spiro atoms. The fraction of sp³-hybridized carbons (Fsp3) is 0.278. The smallest absolute Gasteiger partial charge is 0.220 e. The lowest BCUT2D eigenvalue weighted by Crippen LogP contribution is -2.28. The molecule has 0 radical (unpaired) electrons. The lowest BCUT2D eigenvalue weighted by Gasteiger charge is -2.12. The molecular formula is C18H20N4O2. The number of carbonyl (C=O) groups excluding carboxylic acids is 1. The van der Waals surface area contributed by atoms with Gasteiger partial charge in [0.2, 0.25) is 5.91 Å². The normalized spacial score (nSPS) is 12.1. The highest BCUT2D eigenvalue weighted by atomic mass is 16.5. The van der Waals surface area contributed by atoms with Gasteiger partial charge in [-0.3, -0.25) is 9.20 Å². The maximum Gasteiger partial charge on any atom is 0.220 e. The van der Waals surface area contributed by atoms with Crippen molar-refractivity contribution in [3.8, 4) is 5.75 Å². The van der Waals surface area contributed by atoms with Crippen LogP contribution < -0.4 is 10.1 Å². The molecule has 0 unspecified atom stereocenters. The molecule has 2 heterocycles. The summed E-state index contributed by atoms with van der Waals surface area (Å²) in [7, 11) is 1.64. The predicted molar refractivity (Wildman–Crippen MR) is 90.9 cm³/mol. The molecule has 1 atom stereocenters. The molecule has 0 fully saturated rings. The van der Waals surface area contributed by atoms with E-state index in [1.54, 1.807) is 7.11 Å². The van der Waals surface area contributed by atoms with Crippen LogP contribution in [0.2, 0.25) is 0 Å². The molecule has 1 aromatic carbocycles. The van der Waals surface area contributed by atoms with Gasteiger partial charge in [-0.1, -0.05) is 18.2 Å². The van der Waals surface area contributed by atoms with Gasteiger partial charge in [0.05, 0.1) is 13.2 Å². The third-order valence-electron chi connectivity index (χ3n) is 3.90. The minimum absolute atomic E-state index is 0.00833. The van der Waals surface area contributed by atoms with Crippen molar-refractivity contribution in [2.45, 2.75) is 25.8 Å². The summed E-state index contributed by atoms with van der Waals surface area (Å²) >= 11 is 0. The Morgan fingerprint density at radius 1 is 1.21 bits per heavy atom. The number of carbonyl (C=O) groups is 1. The number of fused-ring (bicyclic) bond motifs is 1. The van der Waals surface area contributed by atoms with Crippen LogP contribution in [0.15, 0.2) is 48.7 Å². The highest BCUT2D eigenvalue weighted by molar-refractivity contribution is 5.76. The van der Waals surface area contributed by atoms with E-state index in [0.717, 1.165) is 22.8 Å². The highest BCUT2D eigenvalue weighted by Crippen LogP contribution is 2.14. The van der Waals surface area contributed by atoms with Gasteiger partial charge in [0.15, 0.2) is 11.5 Å². The molecule has 124 valence electrons. The highest BCUT2D eigenvalue weighted by Gasteiger charge is 2.15. The SMILES string of the molecule is COc1ccc(CCC(=O)N[C@@H](C)c2nnc3ccccn23)cc1. The van der Waals surface area contributed by atoms with E-state index in [1.807, 2.05) is 60.0 Å².